The number of sulfonamides is 1. The molecule has 24 heavy (non-hydrogen) atoms. The van der Waals surface area contributed by atoms with Crippen LogP contribution in [0, 0.1) is 5.41 Å². The molecule has 1 aliphatic rings. The number of pyridine rings is 1. The van der Waals surface area contributed by atoms with Gasteiger partial charge in [0.1, 0.15) is 6.61 Å². The maximum absolute atomic E-state index is 12.4. The molecule has 1 aromatic rings. The zero-order valence-electron chi connectivity index (χ0n) is 14.2. The van der Waals surface area contributed by atoms with Gasteiger partial charge >= 0.3 is 0 Å². The molecule has 1 aromatic heterocycles. The molecule has 0 fully saturated rings. The van der Waals surface area contributed by atoms with E-state index in [9.17, 15) is 8.42 Å². The first kappa shape index (κ1) is 18.4. The van der Waals surface area contributed by atoms with Crippen molar-refractivity contribution in [2.24, 2.45) is 10.6 Å². The average Bonchev–Trinajstić information content (AvgIpc) is 2.59. The Labute approximate surface area is 143 Å². The fourth-order valence-electron chi connectivity index (χ4n) is 2.21. The number of aromatic nitrogens is 1. The second-order valence-corrected chi connectivity index (χ2v) is 7.60. The van der Waals surface area contributed by atoms with Gasteiger partial charge in [0.15, 0.2) is 0 Å². The maximum Gasteiger partial charge on any atom is 0.240 e. The highest BCUT2D eigenvalue weighted by molar-refractivity contribution is 7.93. The molecule has 1 aliphatic carbocycles. The first-order valence-electron chi connectivity index (χ1n) is 7.82. The molecular weight excluding hydrogens is 326 g/mol. The van der Waals surface area contributed by atoms with E-state index < -0.39 is 10.0 Å². The van der Waals surface area contributed by atoms with Gasteiger partial charge in [-0.3, -0.25) is 4.98 Å². The predicted molar refractivity (Wildman–Crippen MR) is 94.7 cm³/mol. The fraction of sp³-hybridized carbons (Fsp3) is 0.412. The summed E-state index contributed by atoms with van der Waals surface area (Å²) in [5.74, 6) is 0. The largest absolute Gasteiger partial charge is 0.396 e. The van der Waals surface area contributed by atoms with Crippen molar-refractivity contribution >= 4 is 15.7 Å². The van der Waals surface area contributed by atoms with E-state index in [1.165, 1.54) is 0 Å². The summed E-state index contributed by atoms with van der Waals surface area (Å²) < 4.78 is 27.4. The van der Waals surface area contributed by atoms with Gasteiger partial charge in [-0.2, -0.15) is 0 Å². The lowest BCUT2D eigenvalue weighted by Crippen LogP contribution is -2.28. The van der Waals surface area contributed by atoms with Gasteiger partial charge in [0, 0.05) is 24.4 Å². The fourth-order valence-corrected chi connectivity index (χ4v) is 3.28. The molecule has 1 N–H and O–H groups in total. The number of rotatable bonds is 7. The van der Waals surface area contributed by atoms with Crippen LogP contribution in [0.4, 0.5) is 0 Å². The minimum atomic E-state index is -3.54. The first-order chi connectivity index (χ1) is 11.4. The van der Waals surface area contributed by atoms with Crippen molar-refractivity contribution in [2.45, 2.75) is 33.7 Å². The SMILES string of the molecule is CCON=C(C)C1(C)C=CC(S(=O)(=O)NCc2ccncc2)=CC1. The third kappa shape index (κ3) is 4.52. The molecule has 1 atom stereocenters. The molecular formula is C17H23N3O3S. The summed E-state index contributed by atoms with van der Waals surface area (Å²) in [6, 6.07) is 3.55. The van der Waals surface area contributed by atoms with Crippen molar-refractivity contribution in [3.05, 3.63) is 53.2 Å². The lowest BCUT2D eigenvalue weighted by Gasteiger charge is -2.27. The van der Waals surface area contributed by atoms with Gasteiger partial charge in [-0.15, -0.1) is 0 Å². The van der Waals surface area contributed by atoms with Crippen LogP contribution < -0.4 is 4.72 Å². The second-order valence-electron chi connectivity index (χ2n) is 5.84. The standard InChI is InChI=1S/C17H23N3O3S/c1-4-23-20-14(2)17(3)9-5-16(6-10-17)24(21,22)19-13-15-7-11-18-12-8-15/h5-9,11-12,19H,4,10,13H2,1-3H3. The van der Waals surface area contributed by atoms with Gasteiger partial charge in [0.2, 0.25) is 10.0 Å². The van der Waals surface area contributed by atoms with Crippen molar-refractivity contribution in [1.82, 2.24) is 9.71 Å². The van der Waals surface area contributed by atoms with Crippen molar-refractivity contribution in [3.8, 4) is 0 Å². The Kier molecular flexibility index (Phi) is 5.90. The maximum atomic E-state index is 12.4. The molecule has 0 radical (unpaired) electrons. The van der Waals surface area contributed by atoms with Gasteiger partial charge < -0.3 is 4.84 Å². The van der Waals surface area contributed by atoms with Gasteiger partial charge in [0.25, 0.3) is 0 Å². The number of allylic oxidation sites excluding steroid dienone is 3. The highest BCUT2D eigenvalue weighted by Crippen LogP contribution is 2.32. The summed E-state index contributed by atoms with van der Waals surface area (Å²) in [5.41, 5.74) is 1.34. The van der Waals surface area contributed by atoms with Gasteiger partial charge in [-0.1, -0.05) is 24.2 Å². The Morgan fingerprint density at radius 1 is 1.42 bits per heavy atom. The molecule has 130 valence electrons. The molecule has 6 nitrogen and oxygen atoms in total. The van der Waals surface area contributed by atoms with Crippen LogP contribution in [0.2, 0.25) is 0 Å². The summed E-state index contributed by atoms with van der Waals surface area (Å²) in [5, 5.41) is 4.07. The lowest BCUT2D eigenvalue weighted by molar-refractivity contribution is 0.155. The molecule has 7 heteroatoms. The molecule has 2 rings (SSSR count). The minimum absolute atomic E-state index is 0.234. The molecule has 1 unspecified atom stereocenters. The summed E-state index contributed by atoms with van der Waals surface area (Å²) in [6.45, 7) is 6.50. The van der Waals surface area contributed by atoms with Crippen LogP contribution in [0.3, 0.4) is 0 Å². The average molecular weight is 349 g/mol. The molecule has 1 heterocycles. The predicted octanol–water partition coefficient (Wildman–Crippen LogP) is 2.76. The molecule has 0 saturated carbocycles. The van der Waals surface area contributed by atoms with E-state index in [1.54, 1.807) is 36.7 Å². The van der Waals surface area contributed by atoms with Crippen molar-refractivity contribution in [1.29, 1.82) is 0 Å². The Bertz CT molecular complexity index is 755. The number of nitrogens with zero attached hydrogens (tertiary/aromatic N) is 2. The molecule has 0 amide bonds. The molecule has 0 bridgehead atoms. The van der Waals surface area contributed by atoms with E-state index in [-0.39, 0.29) is 16.9 Å². The number of oxime groups is 1. The topological polar surface area (TPSA) is 80.6 Å². The van der Waals surface area contributed by atoms with Gasteiger partial charge in [0.05, 0.1) is 10.6 Å². The Balaban J connectivity index is 2.05. The van der Waals surface area contributed by atoms with Crippen LogP contribution in [-0.4, -0.2) is 25.7 Å². The smallest absolute Gasteiger partial charge is 0.240 e. The zero-order valence-corrected chi connectivity index (χ0v) is 15.0. The van der Waals surface area contributed by atoms with Gasteiger partial charge in [-0.25, -0.2) is 13.1 Å². The second kappa shape index (κ2) is 7.72. The van der Waals surface area contributed by atoms with Crippen LogP contribution in [0.15, 0.2) is 52.8 Å². The lowest BCUT2D eigenvalue weighted by atomic mass is 9.80. The number of hydrogen-bond donors (Lipinski definition) is 1. The van der Waals surface area contributed by atoms with Gasteiger partial charge in [-0.05, 0) is 44.0 Å². The Morgan fingerprint density at radius 2 is 2.12 bits per heavy atom. The highest BCUT2D eigenvalue weighted by atomic mass is 32.2. The molecule has 0 spiro atoms. The van der Waals surface area contributed by atoms with Crippen LogP contribution in [0.5, 0.6) is 0 Å². The highest BCUT2D eigenvalue weighted by Gasteiger charge is 2.29. The van der Waals surface area contributed by atoms with E-state index in [2.05, 4.69) is 14.9 Å². The van der Waals surface area contributed by atoms with Crippen molar-refractivity contribution < 1.29 is 13.3 Å². The molecule has 0 saturated heterocycles. The third-order valence-corrected chi connectivity index (χ3v) is 5.47. The van der Waals surface area contributed by atoms with E-state index in [0.717, 1.165) is 11.3 Å². The quantitative estimate of drug-likeness (QED) is 0.606. The minimum Gasteiger partial charge on any atom is -0.396 e. The molecule has 0 aromatic carbocycles. The Hall–Kier alpha value is -1.99. The summed E-state index contributed by atoms with van der Waals surface area (Å²) in [4.78, 5) is 9.28. The zero-order chi connectivity index (χ0) is 17.6. The summed E-state index contributed by atoms with van der Waals surface area (Å²) in [6.07, 6.45) is 9.04. The first-order valence-corrected chi connectivity index (χ1v) is 9.31. The summed E-state index contributed by atoms with van der Waals surface area (Å²) in [7, 11) is -3.54. The number of hydrogen-bond acceptors (Lipinski definition) is 5. The monoisotopic (exact) mass is 349 g/mol. The van der Waals surface area contributed by atoms with Crippen LogP contribution in [-0.2, 0) is 21.4 Å². The van der Waals surface area contributed by atoms with Crippen LogP contribution in [0.1, 0.15) is 32.8 Å². The summed E-state index contributed by atoms with van der Waals surface area (Å²) >= 11 is 0. The Morgan fingerprint density at radius 3 is 2.71 bits per heavy atom. The van der Waals surface area contributed by atoms with Crippen molar-refractivity contribution in [3.63, 3.8) is 0 Å². The van der Waals surface area contributed by atoms with Crippen LogP contribution in [0.25, 0.3) is 0 Å². The van der Waals surface area contributed by atoms with E-state index in [0.29, 0.717) is 13.0 Å². The number of nitrogens with one attached hydrogen (secondary N) is 1. The van der Waals surface area contributed by atoms with E-state index in [1.807, 2.05) is 26.8 Å². The normalized spacial score (nSPS) is 21.5. The van der Waals surface area contributed by atoms with E-state index in [4.69, 9.17) is 4.84 Å². The third-order valence-electron chi connectivity index (χ3n) is 4.03. The van der Waals surface area contributed by atoms with Crippen molar-refractivity contribution in [2.75, 3.05) is 6.61 Å². The van der Waals surface area contributed by atoms with E-state index >= 15 is 0 Å². The molecule has 0 aliphatic heterocycles. The van der Waals surface area contributed by atoms with Crippen LogP contribution >= 0.6 is 0 Å².